The lowest BCUT2D eigenvalue weighted by Gasteiger charge is -2.32. The van der Waals surface area contributed by atoms with Crippen molar-refractivity contribution in [1.82, 2.24) is 15.2 Å². The van der Waals surface area contributed by atoms with Crippen molar-refractivity contribution < 1.29 is 13.6 Å². The van der Waals surface area contributed by atoms with Crippen LogP contribution in [-0.2, 0) is 6.54 Å². The Balaban J connectivity index is 1.20. The molecular formula is C24H22FN3O3. The molecule has 1 aliphatic rings. The Bertz CT molecular complexity index is 1320. The fourth-order valence-corrected chi connectivity index (χ4v) is 4.19. The van der Waals surface area contributed by atoms with E-state index < -0.39 is 11.7 Å². The van der Waals surface area contributed by atoms with Crippen LogP contribution in [0.15, 0.2) is 63.9 Å². The van der Waals surface area contributed by atoms with Crippen LogP contribution in [0, 0.1) is 5.82 Å². The van der Waals surface area contributed by atoms with E-state index in [1.54, 1.807) is 0 Å². The van der Waals surface area contributed by atoms with Crippen molar-refractivity contribution in [2.24, 2.45) is 0 Å². The summed E-state index contributed by atoms with van der Waals surface area (Å²) in [7, 11) is 0. The molecule has 5 rings (SSSR count). The Morgan fingerprint density at radius 3 is 2.81 bits per heavy atom. The van der Waals surface area contributed by atoms with Gasteiger partial charge in [0.25, 0.3) is 5.91 Å². The third-order valence-corrected chi connectivity index (χ3v) is 5.86. The van der Waals surface area contributed by atoms with E-state index in [1.165, 1.54) is 29.1 Å². The zero-order valence-corrected chi connectivity index (χ0v) is 16.9. The lowest BCUT2D eigenvalue weighted by Crippen LogP contribution is -2.44. The molecule has 0 radical (unpaired) electrons. The highest BCUT2D eigenvalue weighted by atomic mass is 19.1. The molecule has 1 saturated heterocycles. The molecule has 2 N–H and O–H groups in total. The van der Waals surface area contributed by atoms with Crippen molar-refractivity contribution in [1.29, 1.82) is 0 Å². The highest BCUT2D eigenvalue weighted by Gasteiger charge is 2.23. The van der Waals surface area contributed by atoms with Gasteiger partial charge >= 0.3 is 0 Å². The summed E-state index contributed by atoms with van der Waals surface area (Å²) in [6, 6.07) is 13.4. The number of piperidine rings is 1. The Morgan fingerprint density at radius 2 is 1.97 bits per heavy atom. The van der Waals surface area contributed by atoms with E-state index in [9.17, 15) is 14.0 Å². The van der Waals surface area contributed by atoms with E-state index in [-0.39, 0.29) is 28.2 Å². The van der Waals surface area contributed by atoms with E-state index >= 15 is 0 Å². The zero-order chi connectivity index (χ0) is 21.4. The van der Waals surface area contributed by atoms with Crippen LogP contribution in [0.4, 0.5) is 4.39 Å². The summed E-state index contributed by atoms with van der Waals surface area (Å²) < 4.78 is 18.9. The van der Waals surface area contributed by atoms with Gasteiger partial charge < -0.3 is 14.7 Å². The van der Waals surface area contributed by atoms with Gasteiger partial charge in [0.2, 0.25) is 0 Å². The number of nitrogens with one attached hydrogen (secondary N) is 2. The molecule has 158 valence electrons. The molecule has 0 unspecified atom stereocenters. The second-order valence-corrected chi connectivity index (χ2v) is 8.04. The van der Waals surface area contributed by atoms with Crippen LogP contribution in [0.5, 0.6) is 0 Å². The van der Waals surface area contributed by atoms with Crippen molar-refractivity contribution >= 4 is 27.8 Å². The number of aromatic nitrogens is 1. The van der Waals surface area contributed by atoms with Crippen molar-refractivity contribution in [2.45, 2.75) is 25.4 Å². The Labute approximate surface area is 177 Å². The van der Waals surface area contributed by atoms with Crippen molar-refractivity contribution in [3.8, 4) is 0 Å². The van der Waals surface area contributed by atoms with E-state index in [2.05, 4.69) is 39.5 Å². The summed E-state index contributed by atoms with van der Waals surface area (Å²) in [5.74, 6) is -1.05. The molecule has 0 aliphatic carbocycles. The first kappa shape index (κ1) is 19.5. The maximum atomic E-state index is 13.5. The van der Waals surface area contributed by atoms with Crippen LogP contribution in [0.3, 0.4) is 0 Å². The van der Waals surface area contributed by atoms with Crippen LogP contribution >= 0.6 is 0 Å². The second kappa shape index (κ2) is 8.00. The standard InChI is InChI=1S/C24H22FN3O3/c25-17-2-3-19-21(29)13-23(31-22(19)12-17)24(30)27-18-6-9-28(10-7-18)14-15-1-4-20-16(11-15)5-8-26-20/h1-5,8,11-13,18,26H,6-7,9-10,14H2,(H,27,30). The molecule has 4 aromatic rings. The first-order valence-corrected chi connectivity index (χ1v) is 10.4. The molecule has 31 heavy (non-hydrogen) atoms. The average molecular weight is 419 g/mol. The predicted octanol–water partition coefficient (Wildman–Crippen LogP) is 3.81. The third kappa shape index (κ3) is 4.09. The molecular weight excluding hydrogens is 397 g/mol. The van der Waals surface area contributed by atoms with Crippen LogP contribution in [-0.4, -0.2) is 34.9 Å². The molecule has 1 aliphatic heterocycles. The number of carbonyl (C=O) groups excluding carboxylic acids is 1. The number of halogens is 1. The Hall–Kier alpha value is -3.45. The van der Waals surface area contributed by atoms with E-state index in [0.29, 0.717) is 0 Å². The van der Waals surface area contributed by atoms with Gasteiger partial charge in [0, 0.05) is 49.5 Å². The number of hydrogen-bond donors (Lipinski definition) is 2. The van der Waals surface area contributed by atoms with Crippen LogP contribution < -0.4 is 10.7 Å². The van der Waals surface area contributed by atoms with Crippen molar-refractivity contribution in [3.05, 3.63) is 82.1 Å². The number of amides is 1. The summed E-state index contributed by atoms with van der Waals surface area (Å²) in [4.78, 5) is 30.4. The third-order valence-electron chi connectivity index (χ3n) is 5.86. The van der Waals surface area contributed by atoms with E-state index in [0.717, 1.165) is 44.1 Å². The normalized spacial score (nSPS) is 15.5. The van der Waals surface area contributed by atoms with Gasteiger partial charge in [-0.1, -0.05) is 6.07 Å². The number of fused-ring (bicyclic) bond motifs is 2. The molecule has 0 saturated carbocycles. The SMILES string of the molecule is O=C(NC1CCN(Cc2ccc3[nH]ccc3c2)CC1)c1cc(=O)c2ccc(F)cc2o1. The molecule has 0 spiro atoms. The number of aromatic amines is 1. The van der Waals surface area contributed by atoms with Gasteiger partial charge in [-0.25, -0.2) is 4.39 Å². The van der Waals surface area contributed by atoms with Gasteiger partial charge in [-0.3, -0.25) is 14.5 Å². The Morgan fingerprint density at radius 1 is 1.13 bits per heavy atom. The zero-order valence-electron chi connectivity index (χ0n) is 16.9. The van der Waals surface area contributed by atoms with Crippen molar-refractivity contribution in [2.75, 3.05) is 13.1 Å². The first-order chi connectivity index (χ1) is 15.0. The van der Waals surface area contributed by atoms with Gasteiger partial charge in [0.15, 0.2) is 11.2 Å². The fraction of sp³-hybridized carbons (Fsp3) is 0.250. The molecule has 6 nitrogen and oxygen atoms in total. The predicted molar refractivity (Wildman–Crippen MR) is 117 cm³/mol. The van der Waals surface area contributed by atoms with Crippen LogP contribution in [0.2, 0.25) is 0 Å². The molecule has 2 aromatic carbocycles. The Kier molecular flexibility index (Phi) is 5.03. The summed E-state index contributed by atoms with van der Waals surface area (Å²) in [6.07, 6.45) is 3.56. The quantitative estimate of drug-likeness (QED) is 0.527. The maximum absolute atomic E-state index is 13.5. The lowest BCUT2D eigenvalue weighted by molar-refractivity contribution is 0.0881. The highest BCUT2D eigenvalue weighted by molar-refractivity contribution is 5.93. The minimum absolute atomic E-state index is 0.00409. The van der Waals surface area contributed by atoms with Gasteiger partial charge in [-0.05, 0) is 54.1 Å². The summed E-state index contributed by atoms with van der Waals surface area (Å²) in [5.41, 5.74) is 2.11. The maximum Gasteiger partial charge on any atom is 0.287 e. The number of rotatable bonds is 4. The number of benzene rings is 2. The number of hydrogen-bond acceptors (Lipinski definition) is 4. The average Bonchev–Trinajstić information content (AvgIpc) is 3.22. The summed E-state index contributed by atoms with van der Waals surface area (Å²) in [5, 5.41) is 4.41. The van der Waals surface area contributed by atoms with E-state index in [4.69, 9.17) is 4.42 Å². The van der Waals surface area contributed by atoms with Crippen LogP contribution in [0.25, 0.3) is 21.9 Å². The van der Waals surface area contributed by atoms with Crippen molar-refractivity contribution in [3.63, 3.8) is 0 Å². The largest absolute Gasteiger partial charge is 0.451 e. The number of likely N-dealkylation sites (tertiary alicyclic amines) is 1. The molecule has 0 atom stereocenters. The number of carbonyl (C=O) groups is 1. The fourth-order valence-electron chi connectivity index (χ4n) is 4.19. The first-order valence-electron chi connectivity index (χ1n) is 10.4. The molecule has 3 heterocycles. The highest BCUT2D eigenvalue weighted by Crippen LogP contribution is 2.19. The summed E-state index contributed by atoms with van der Waals surface area (Å²) >= 11 is 0. The topological polar surface area (TPSA) is 78.3 Å². The second-order valence-electron chi connectivity index (χ2n) is 8.04. The molecule has 0 bridgehead atoms. The van der Waals surface area contributed by atoms with Gasteiger partial charge in [-0.2, -0.15) is 0 Å². The molecule has 1 amide bonds. The molecule has 2 aromatic heterocycles. The van der Waals surface area contributed by atoms with Gasteiger partial charge in [0.1, 0.15) is 11.4 Å². The van der Waals surface area contributed by atoms with Gasteiger partial charge in [-0.15, -0.1) is 0 Å². The molecule has 7 heteroatoms. The van der Waals surface area contributed by atoms with Crippen LogP contribution in [0.1, 0.15) is 29.0 Å². The minimum atomic E-state index is -0.517. The monoisotopic (exact) mass is 419 g/mol. The summed E-state index contributed by atoms with van der Waals surface area (Å²) in [6.45, 7) is 2.60. The lowest BCUT2D eigenvalue weighted by atomic mass is 10.0. The molecule has 1 fully saturated rings. The number of H-pyrrole nitrogens is 1. The number of nitrogens with zero attached hydrogens (tertiary/aromatic N) is 1. The smallest absolute Gasteiger partial charge is 0.287 e. The van der Waals surface area contributed by atoms with E-state index in [1.807, 2.05) is 6.20 Å². The van der Waals surface area contributed by atoms with Gasteiger partial charge in [0.05, 0.1) is 5.39 Å². The minimum Gasteiger partial charge on any atom is -0.451 e.